The van der Waals surface area contributed by atoms with E-state index in [-0.39, 0.29) is 18.0 Å². The molecule has 0 bridgehead atoms. The zero-order chi connectivity index (χ0) is 21.2. The lowest BCUT2D eigenvalue weighted by Gasteiger charge is -2.22. The molecule has 3 rings (SSSR count). The van der Waals surface area contributed by atoms with E-state index in [0.717, 1.165) is 16.8 Å². The number of likely N-dealkylation sites (N-methyl/N-ethyl adjacent to an activating group) is 1. The SMILES string of the molecule is COc1ccc2nc(N(CCN(C)C)C(=O)c3cccc(C(F)(F)F)c3)sc2c1.Cl. The van der Waals surface area contributed by atoms with Gasteiger partial charge < -0.3 is 9.64 Å². The van der Waals surface area contributed by atoms with E-state index in [1.165, 1.54) is 28.4 Å². The molecule has 0 spiro atoms. The van der Waals surface area contributed by atoms with Gasteiger partial charge in [0.25, 0.3) is 5.91 Å². The van der Waals surface area contributed by atoms with E-state index in [9.17, 15) is 18.0 Å². The number of carbonyl (C=O) groups excluding carboxylic acids is 1. The molecule has 162 valence electrons. The predicted molar refractivity (Wildman–Crippen MR) is 115 cm³/mol. The van der Waals surface area contributed by atoms with Crippen molar-refractivity contribution in [3.63, 3.8) is 0 Å². The van der Waals surface area contributed by atoms with Gasteiger partial charge in [0.1, 0.15) is 5.75 Å². The number of rotatable bonds is 6. The van der Waals surface area contributed by atoms with E-state index in [1.807, 2.05) is 25.1 Å². The molecule has 5 nitrogen and oxygen atoms in total. The number of hydrogen-bond acceptors (Lipinski definition) is 5. The van der Waals surface area contributed by atoms with Crippen molar-refractivity contribution in [2.24, 2.45) is 0 Å². The second-order valence-electron chi connectivity index (χ2n) is 6.67. The normalized spacial score (nSPS) is 11.4. The maximum atomic E-state index is 13.1. The van der Waals surface area contributed by atoms with Crippen molar-refractivity contribution in [2.75, 3.05) is 39.2 Å². The summed E-state index contributed by atoms with van der Waals surface area (Å²) in [6.45, 7) is 0.822. The number of methoxy groups -OCH3 is 1. The summed E-state index contributed by atoms with van der Waals surface area (Å²) in [5.74, 6) is 0.140. The molecule has 0 aliphatic rings. The summed E-state index contributed by atoms with van der Waals surface area (Å²) < 4.78 is 45.2. The number of hydrogen-bond donors (Lipinski definition) is 0. The third-order valence-electron chi connectivity index (χ3n) is 4.27. The van der Waals surface area contributed by atoms with E-state index in [2.05, 4.69) is 4.98 Å². The molecule has 0 saturated heterocycles. The first kappa shape index (κ1) is 23.9. The number of halogens is 4. The second kappa shape index (κ2) is 9.63. The van der Waals surface area contributed by atoms with Gasteiger partial charge in [-0.05, 0) is 50.5 Å². The van der Waals surface area contributed by atoms with Crippen LogP contribution in [-0.2, 0) is 6.18 Å². The number of thiazole rings is 1. The highest BCUT2D eigenvalue weighted by Crippen LogP contribution is 2.33. The zero-order valence-corrected chi connectivity index (χ0v) is 18.2. The molecule has 0 fully saturated rings. The van der Waals surface area contributed by atoms with Gasteiger partial charge in [-0.2, -0.15) is 13.2 Å². The molecule has 30 heavy (non-hydrogen) atoms. The highest BCUT2D eigenvalue weighted by Gasteiger charge is 2.31. The highest BCUT2D eigenvalue weighted by atomic mass is 35.5. The average Bonchev–Trinajstić information content (AvgIpc) is 3.09. The summed E-state index contributed by atoms with van der Waals surface area (Å²) in [6.07, 6.45) is -4.52. The molecular formula is C20H21ClF3N3O2S. The van der Waals surface area contributed by atoms with Gasteiger partial charge in [-0.3, -0.25) is 9.69 Å². The summed E-state index contributed by atoms with van der Waals surface area (Å²) >= 11 is 1.29. The standard InChI is InChI=1S/C20H20F3N3O2S.ClH/c1-25(2)9-10-26(18(27)13-5-4-6-14(11-13)20(21,22)23)19-24-16-8-7-15(28-3)12-17(16)29-19;/h4-8,11-12H,9-10H2,1-3H3;1H. The molecule has 0 aliphatic heterocycles. The maximum Gasteiger partial charge on any atom is 0.416 e. The van der Waals surface area contributed by atoms with Crippen LogP contribution in [0.4, 0.5) is 18.3 Å². The maximum absolute atomic E-state index is 13.1. The molecule has 0 atom stereocenters. The Hall–Kier alpha value is -2.36. The number of alkyl halides is 3. The van der Waals surface area contributed by atoms with Crippen molar-refractivity contribution in [1.29, 1.82) is 0 Å². The summed E-state index contributed by atoms with van der Waals surface area (Å²) in [4.78, 5) is 20.9. The van der Waals surface area contributed by atoms with Gasteiger partial charge in [-0.1, -0.05) is 17.4 Å². The number of carbonyl (C=O) groups is 1. The first-order valence-corrected chi connectivity index (χ1v) is 9.59. The molecular weight excluding hydrogens is 439 g/mol. The van der Waals surface area contributed by atoms with Crippen LogP contribution in [0.1, 0.15) is 15.9 Å². The lowest BCUT2D eigenvalue weighted by Crippen LogP contribution is -2.36. The molecule has 0 saturated carbocycles. The van der Waals surface area contributed by atoms with E-state index >= 15 is 0 Å². The first-order valence-electron chi connectivity index (χ1n) is 8.77. The molecule has 0 radical (unpaired) electrons. The minimum Gasteiger partial charge on any atom is -0.497 e. The van der Waals surface area contributed by atoms with Crippen LogP contribution < -0.4 is 9.64 Å². The number of amides is 1. The van der Waals surface area contributed by atoms with Crippen molar-refractivity contribution in [2.45, 2.75) is 6.18 Å². The Morgan fingerprint density at radius 1 is 1.13 bits per heavy atom. The van der Waals surface area contributed by atoms with Crippen molar-refractivity contribution >= 4 is 45.0 Å². The van der Waals surface area contributed by atoms with Gasteiger partial charge in [0.15, 0.2) is 5.13 Å². The number of benzene rings is 2. The summed E-state index contributed by atoms with van der Waals surface area (Å²) in [5.41, 5.74) is -0.196. The second-order valence-corrected chi connectivity index (χ2v) is 7.68. The number of anilines is 1. The molecule has 1 amide bonds. The van der Waals surface area contributed by atoms with Gasteiger partial charge in [0.2, 0.25) is 0 Å². The lowest BCUT2D eigenvalue weighted by atomic mass is 10.1. The van der Waals surface area contributed by atoms with Crippen molar-refractivity contribution < 1.29 is 22.7 Å². The lowest BCUT2D eigenvalue weighted by molar-refractivity contribution is -0.137. The number of ether oxygens (including phenoxy) is 1. The molecule has 1 aromatic heterocycles. The van der Waals surface area contributed by atoms with Crippen molar-refractivity contribution in [3.05, 3.63) is 53.6 Å². The van der Waals surface area contributed by atoms with Crippen LogP contribution in [-0.4, -0.2) is 50.1 Å². The van der Waals surface area contributed by atoms with Crippen molar-refractivity contribution in [3.8, 4) is 5.75 Å². The Labute approximate surface area is 182 Å². The molecule has 10 heteroatoms. The summed E-state index contributed by atoms with van der Waals surface area (Å²) in [7, 11) is 5.27. The van der Waals surface area contributed by atoms with Crippen LogP contribution >= 0.6 is 23.7 Å². The Bertz CT molecular complexity index is 1020. The zero-order valence-electron chi connectivity index (χ0n) is 16.6. The molecule has 0 unspecified atom stereocenters. The summed E-state index contributed by atoms with van der Waals surface area (Å²) in [5, 5.41) is 0.428. The Morgan fingerprint density at radius 2 is 1.87 bits per heavy atom. The average molecular weight is 460 g/mol. The van der Waals surface area contributed by atoms with E-state index < -0.39 is 17.6 Å². The first-order chi connectivity index (χ1) is 13.7. The van der Waals surface area contributed by atoms with Crippen LogP contribution in [0.15, 0.2) is 42.5 Å². The highest BCUT2D eigenvalue weighted by molar-refractivity contribution is 7.22. The van der Waals surface area contributed by atoms with Crippen molar-refractivity contribution in [1.82, 2.24) is 9.88 Å². The number of fused-ring (bicyclic) bond motifs is 1. The monoisotopic (exact) mass is 459 g/mol. The quantitative estimate of drug-likeness (QED) is 0.523. The van der Waals surface area contributed by atoms with Crippen LogP contribution in [0, 0.1) is 0 Å². The largest absolute Gasteiger partial charge is 0.497 e. The number of nitrogens with zero attached hydrogens (tertiary/aromatic N) is 3. The smallest absolute Gasteiger partial charge is 0.416 e. The minimum absolute atomic E-state index is 0. The van der Waals surface area contributed by atoms with Gasteiger partial charge in [-0.25, -0.2) is 4.98 Å². The third kappa shape index (κ3) is 5.41. The molecule has 0 aliphatic carbocycles. The van der Waals surface area contributed by atoms with E-state index in [0.29, 0.717) is 29.5 Å². The third-order valence-corrected chi connectivity index (χ3v) is 5.31. The fraction of sp³-hybridized carbons (Fsp3) is 0.300. The number of aromatic nitrogens is 1. The van der Waals surface area contributed by atoms with E-state index in [1.54, 1.807) is 19.2 Å². The predicted octanol–water partition coefficient (Wildman–Crippen LogP) is 4.95. The fourth-order valence-electron chi connectivity index (χ4n) is 2.70. The molecule has 3 aromatic rings. The van der Waals surface area contributed by atoms with Crippen LogP contribution in [0.5, 0.6) is 5.75 Å². The topological polar surface area (TPSA) is 45.7 Å². The van der Waals surface area contributed by atoms with Gasteiger partial charge in [-0.15, -0.1) is 12.4 Å². The molecule has 0 N–H and O–H groups in total. The fourth-order valence-corrected chi connectivity index (χ4v) is 3.72. The Balaban J connectivity index is 0.00000320. The van der Waals surface area contributed by atoms with Gasteiger partial charge >= 0.3 is 6.18 Å². The summed E-state index contributed by atoms with van der Waals surface area (Å²) in [6, 6.07) is 9.82. The minimum atomic E-state index is -4.52. The molecule has 2 aromatic carbocycles. The van der Waals surface area contributed by atoms with Gasteiger partial charge in [0, 0.05) is 18.7 Å². The Morgan fingerprint density at radius 3 is 2.50 bits per heavy atom. The Kier molecular flexibility index (Phi) is 7.68. The van der Waals surface area contributed by atoms with Crippen LogP contribution in [0.2, 0.25) is 0 Å². The van der Waals surface area contributed by atoms with E-state index in [4.69, 9.17) is 4.74 Å². The van der Waals surface area contributed by atoms with Gasteiger partial charge in [0.05, 0.1) is 22.9 Å². The van der Waals surface area contributed by atoms with Crippen LogP contribution in [0.3, 0.4) is 0 Å². The molecule has 1 heterocycles. The van der Waals surface area contributed by atoms with Crippen LogP contribution in [0.25, 0.3) is 10.2 Å².